The second-order valence-electron chi connectivity index (χ2n) is 6.27. The van der Waals surface area contributed by atoms with Gasteiger partial charge in [-0.15, -0.1) is 0 Å². The zero-order valence-corrected chi connectivity index (χ0v) is 13.7. The van der Waals surface area contributed by atoms with E-state index >= 15 is 0 Å². The average Bonchev–Trinajstić information content (AvgIpc) is 2.45. The van der Waals surface area contributed by atoms with Crippen molar-refractivity contribution in [1.82, 2.24) is 10.3 Å². The summed E-state index contributed by atoms with van der Waals surface area (Å²) in [4.78, 5) is 15.8. The van der Waals surface area contributed by atoms with Crippen LogP contribution in [0.1, 0.15) is 27.2 Å². The molecule has 0 saturated carbocycles. The van der Waals surface area contributed by atoms with E-state index in [9.17, 15) is 9.90 Å². The fraction of sp³-hybridized carbons (Fsp3) is 0.412. The van der Waals surface area contributed by atoms with E-state index in [0.717, 1.165) is 23.0 Å². The van der Waals surface area contributed by atoms with Crippen LogP contribution >= 0.6 is 0 Å². The Morgan fingerprint density at radius 3 is 2.78 bits per heavy atom. The number of benzene rings is 1. The Hall–Kier alpha value is -2.50. The standard InChI is InChI=1S/C17H23N3O3/c1-17(2,3)23-16(22)20-9-4-8-18-15-14-11-13(21)6-5-12(14)7-10-19-15/h5-7,10-11,21H,4,8-9H2,1-3H3,(H,18,19)(H,20,22). The molecule has 1 heterocycles. The molecule has 6 heteroatoms. The Morgan fingerprint density at radius 1 is 1.26 bits per heavy atom. The number of fused-ring (bicyclic) bond motifs is 1. The average molecular weight is 317 g/mol. The number of carbonyl (C=O) groups is 1. The number of ether oxygens (including phenoxy) is 1. The van der Waals surface area contributed by atoms with Gasteiger partial charge in [-0.3, -0.25) is 0 Å². The molecule has 0 unspecified atom stereocenters. The molecule has 0 atom stereocenters. The summed E-state index contributed by atoms with van der Waals surface area (Å²) in [7, 11) is 0. The first kappa shape index (κ1) is 16.9. The summed E-state index contributed by atoms with van der Waals surface area (Å²) in [5, 5.41) is 17.4. The molecule has 0 bridgehead atoms. The van der Waals surface area contributed by atoms with Crippen molar-refractivity contribution in [2.45, 2.75) is 32.8 Å². The number of hydrogen-bond donors (Lipinski definition) is 3. The first-order valence-electron chi connectivity index (χ1n) is 7.63. The largest absolute Gasteiger partial charge is 0.508 e. The molecule has 2 rings (SSSR count). The van der Waals surface area contributed by atoms with Crippen molar-refractivity contribution in [1.29, 1.82) is 0 Å². The van der Waals surface area contributed by atoms with E-state index in [1.807, 2.05) is 32.9 Å². The van der Waals surface area contributed by atoms with Crippen LogP contribution in [-0.4, -0.2) is 34.9 Å². The molecule has 0 fully saturated rings. The number of nitrogens with one attached hydrogen (secondary N) is 2. The van der Waals surface area contributed by atoms with Crippen LogP contribution in [0, 0.1) is 0 Å². The highest BCUT2D eigenvalue weighted by molar-refractivity contribution is 5.92. The van der Waals surface area contributed by atoms with E-state index in [-0.39, 0.29) is 5.75 Å². The van der Waals surface area contributed by atoms with Crippen LogP contribution in [0.3, 0.4) is 0 Å². The highest BCUT2D eigenvalue weighted by atomic mass is 16.6. The van der Waals surface area contributed by atoms with Crippen LogP contribution in [-0.2, 0) is 4.74 Å². The molecule has 6 nitrogen and oxygen atoms in total. The van der Waals surface area contributed by atoms with Gasteiger partial charge in [0.15, 0.2) is 0 Å². The highest BCUT2D eigenvalue weighted by Gasteiger charge is 2.15. The summed E-state index contributed by atoms with van der Waals surface area (Å²) in [5.41, 5.74) is -0.489. The van der Waals surface area contributed by atoms with Crippen LogP contribution in [0.15, 0.2) is 30.5 Å². The smallest absolute Gasteiger partial charge is 0.407 e. The van der Waals surface area contributed by atoms with Crippen LogP contribution < -0.4 is 10.6 Å². The van der Waals surface area contributed by atoms with Crippen LogP contribution in [0.25, 0.3) is 10.8 Å². The Morgan fingerprint density at radius 2 is 2.04 bits per heavy atom. The quantitative estimate of drug-likeness (QED) is 0.737. The summed E-state index contributed by atoms with van der Waals surface area (Å²) in [6.45, 7) is 6.65. The minimum Gasteiger partial charge on any atom is -0.508 e. The Bertz CT molecular complexity index is 680. The number of alkyl carbamates (subject to hydrolysis) is 1. The van der Waals surface area contributed by atoms with Gasteiger partial charge in [0.25, 0.3) is 0 Å². The minimum atomic E-state index is -0.489. The maximum Gasteiger partial charge on any atom is 0.407 e. The van der Waals surface area contributed by atoms with Gasteiger partial charge in [0.05, 0.1) is 0 Å². The van der Waals surface area contributed by atoms with Gasteiger partial charge in [0.2, 0.25) is 0 Å². The summed E-state index contributed by atoms with van der Waals surface area (Å²) in [6, 6.07) is 7.08. The minimum absolute atomic E-state index is 0.208. The fourth-order valence-corrected chi connectivity index (χ4v) is 2.10. The van der Waals surface area contributed by atoms with E-state index < -0.39 is 11.7 Å². The SMILES string of the molecule is CC(C)(C)OC(=O)NCCCNc1nccc2ccc(O)cc12. The monoisotopic (exact) mass is 317 g/mol. The van der Waals surface area contributed by atoms with Crippen molar-refractivity contribution >= 4 is 22.7 Å². The fourth-order valence-electron chi connectivity index (χ4n) is 2.10. The van der Waals surface area contributed by atoms with Crippen molar-refractivity contribution in [3.8, 4) is 5.75 Å². The predicted octanol–water partition coefficient (Wildman–Crippen LogP) is 3.27. The second-order valence-corrected chi connectivity index (χ2v) is 6.27. The second kappa shape index (κ2) is 7.17. The molecule has 1 aromatic heterocycles. The molecule has 0 saturated heterocycles. The summed E-state index contributed by atoms with van der Waals surface area (Å²) >= 11 is 0. The number of pyridine rings is 1. The molecule has 0 spiro atoms. The zero-order chi connectivity index (χ0) is 16.9. The van der Waals surface area contributed by atoms with Gasteiger partial charge in [0, 0.05) is 24.7 Å². The molecule has 23 heavy (non-hydrogen) atoms. The third kappa shape index (κ3) is 5.32. The topological polar surface area (TPSA) is 83.5 Å². The normalized spacial score (nSPS) is 11.3. The number of phenolic OH excluding ortho intramolecular Hbond substituents is 1. The van der Waals surface area contributed by atoms with Gasteiger partial charge in [-0.1, -0.05) is 6.07 Å². The van der Waals surface area contributed by atoms with Gasteiger partial charge in [0.1, 0.15) is 17.2 Å². The molecular weight excluding hydrogens is 294 g/mol. The zero-order valence-electron chi connectivity index (χ0n) is 13.7. The Kier molecular flexibility index (Phi) is 5.26. The van der Waals surface area contributed by atoms with Crippen molar-refractivity contribution in [3.05, 3.63) is 30.5 Å². The molecule has 0 aliphatic heterocycles. The number of aromatic hydroxyl groups is 1. The number of aromatic nitrogens is 1. The number of phenols is 1. The van der Waals surface area contributed by atoms with E-state index in [1.54, 1.807) is 18.3 Å². The lowest BCUT2D eigenvalue weighted by Crippen LogP contribution is -2.33. The summed E-state index contributed by atoms with van der Waals surface area (Å²) < 4.78 is 5.16. The molecule has 1 amide bonds. The van der Waals surface area contributed by atoms with E-state index in [4.69, 9.17) is 4.74 Å². The molecule has 1 aromatic carbocycles. The lowest BCUT2D eigenvalue weighted by molar-refractivity contribution is 0.0528. The van der Waals surface area contributed by atoms with Gasteiger partial charge >= 0.3 is 6.09 Å². The number of hydrogen-bond acceptors (Lipinski definition) is 5. The summed E-state index contributed by atoms with van der Waals surface area (Å²) in [5.74, 6) is 0.927. The molecule has 124 valence electrons. The van der Waals surface area contributed by atoms with Gasteiger partial charge in [-0.25, -0.2) is 9.78 Å². The number of rotatable bonds is 5. The number of nitrogens with zero attached hydrogens (tertiary/aromatic N) is 1. The van der Waals surface area contributed by atoms with E-state index in [0.29, 0.717) is 13.1 Å². The van der Waals surface area contributed by atoms with Crippen molar-refractivity contribution in [3.63, 3.8) is 0 Å². The van der Waals surface area contributed by atoms with E-state index in [1.165, 1.54) is 0 Å². The molecular formula is C17H23N3O3. The lowest BCUT2D eigenvalue weighted by atomic mass is 10.1. The van der Waals surface area contributed by atoms with Gasteiger partial charge in [-0.05, 0) is 50.8 Å². The van der Waals surface area contributed by atoms with Crippen LogP contribution in [0.4, 0.5) is 10.6 Å². The lowest BCUT2D eigenvalue weighted by Gasteiger charge is -2.19. The number of anilines is 1. The number of amides is 1. The molecule has 0 aliphatic rings. The Labute approximate surface area is 135 Å². The molecule has 0 radical (unpaired) electrons. The van der Waals surface area contributed by atoms with Crippen molar-refractivity contribution in [2.24, 2.45) is 0 Å². The maximum atomic E-state index is 11.5. The molecule has 2 aromatic rings. The predicted molar refractivity (Wildman–Crippen MR) is 90.8 cm³/mol. The number of carbonyl (C=O) groups excluding carboxylic acids is 1. The van der Waals surface area contributed by atoms with Gasteiger partial charge in [-0.2, -0.15) is 0 Å². The third-order valence-corrected chi connectivity index (χ3v) is 3.06. The third-order valence-electron chi connectivity index (χ3n) is 3.06. The summed E-state index contributed by atoms with van der Waals surface area (Å²) in [6.07, 6.45) is 2.04. The maximum absolute atomic E-state index is 11.5. The molecule has 3 N–H and O–H groups in total. The van der Waals surface area contributed by atoms with Crippen molar-refractivity contribution < 1.29 is 14.6 Å². The van der Waals surface area contributed by atoms with E-state index in [2.05, 4.69) is 15.6 Å². The first-order valence-corrected chi connectivity index (χ1v) is 7.63. The van der Waals surface area contributed by atoms with Crippen LogP contribution in [0.5, 0.6) is 5.75 Å². The van der Waals surface area contributed by atoms with Crippen LogP contribution in [0.2, 0.25) is 0 Å². The molecule has 0 aliphatic carbocycles. The van der Waals surface area contributed by atoms with Gasteiger partial charge < -0.3 is 20.5 Å². The highest BCUT2D eigenvalue weighted by Crippen LogP contribution is 2.24. The Balaban J connectivity index is 1.81. The van der Waals surface area contributed by atoms with Crippen molar-refractivity contribution in [2.75, 3.05) is 18.4 Å². The first-order chi connectivity index (χ1) is 10.8.